The highest BCUT2D eigenvalue weighted by molar-refractivity contribution is 9.10. The predicted molar refractivity (Wildman–Crippen MR) is 94.6 cm³/mol. The Morgan fingerprint density at radius 1 is 1.00 bits per heavy atom. The molecular weight excluding hydrogens is 322 g/mol. The molecule has 112 valence electrons. The van der Waals surface area contributed by atoms with Crippen LogP contribution in [0, 0.1) is 19.8 Å². The molecular formula is C19H24BrN. The Bertz CT molecular complexity index is 608. The molecule has 0 amide bonds. The van der Waals surface area contributed by atoms with E-state index in [1.54, 1.807) is 0 Å². The van der Waals surface area contributed by atoms with Gasteiger partial charge in [0.15, 0.2) is 0 Å². The average Bonchev–Trinajstić information content (AvgIpc) is 2.43. The monoisotopic (exact) mass is 345 g/mol. The Labute approximate surface area is 136 Å². The lowest BCUT2D eigenvalue weighted by Gasteiger charge is -2.17. The van der Waals surface area contributed by atoms with Crippen LogP contribution in [0.25, 0.3) is 0 Å². The van der Waals surface area contributed by atoms with E-state index in [1.807, 2.05) is 0 Å². The van der Waals surface area contributed by atoms with E-state index < -0.39 is 0 Å². The van der Waals surface area contributed by atoms with Crippen molar-refractivity contribution in [3.63, 3.8) is 0 Å². The Morgan fingerprint density at radius 3 is 2.19 bits per heavy atom. The first-order valence-corrected chi connectivity index (χ1v) is 8.29. The van der Waals surface area contributed by atoms with Crippen molar-refractivity contribution < 1.29 is 0 Å². The minimum Gasteiger partial charge on any atom is -0.320 e. The molecule has 1 nitrogen and oxygen atoms in total. The third kappa shape index (κ3) is 3.96. The van der Waals surface area contributed by atoms with Crippen LogP contribution in [-0.2, 0) is 6.42 Å². The fourth-order valence-corrected chi connectivity index (χ4v) is 2.97. The standard InChI is InChI=1S/C19H24BrN/c1-12(2)8-15-6-5-7-16(11-15)19(21)17-9-13(3)18(20)14(4)10-17/h5-7,9-12,19H,8,21H2,1-4H3. The lowest BCUT2D eigenvalue weighted by molar-refractivity contribution is 0.646. The minimum atomic E-state index is -0.0670. The lowest BCUT2D eigenvalue weighted by Crippen LogP contribution is -2.13. The summed E-state index contributed by atoms with van der Waals surface area (Å²) in [6.45, 7) is 8.72. The van der Waals surface area contributed by atoms with Gasteiger partial charge >= 0.3 is 0 Å². The molecule has 2 heteroatoms. The Kier molecular flexibility index (Phi) is 5.23. The topological polar surface area (TPSA) is 26.0 Å². The van der Waals surface area contributed by atoms with Gasteiger partial charge in [-0.1, -0.05) is 66.2 Å². The zero-order chi connectivity index (χ0) is 15.6. The molecule has 0 fully saturated rings. The molecule has 0 aliphatic rings. The van der Waals surface area contributed by atoms with Gasteiger partial charge in [0, 0.05) is 4.47 Å². The highest BCUT2D eigenvalue weighted by Gasteiger charge is 2.12. The number of aryl methyl sites for hydroxylation is 2. The normalized spacial score (nSPS) is 12.7. The molecule has 0 saturated carbocycles. The van der Waals surface area contributed by atoms with Crippen LogP contribution < -0.4 is 5.73 Å². The molecule has 0 aromatic heterocycles. The van der Waals surface area contributed by atoms with Crippen molar-refractivity contribution in [1.29, 1.82) is 0 Å². The maximum atomic E-state index is 6.49. The number of benzene rings is 2. The summed E-state index contributed by atoms with van der Waals surface area (Å²) in [6.07, 6.45) is 1.10. The Balaban J connectivity index is 2.33. The minimum absolute atomic E-state index is 0.0670. The zero-order valence-corrected chi connectivity index (χ0v) is 14.9. The maximum Gasteiger partial charge on any atom is 0.0551 e. The summed E-state index contributed by atoms with van der Waals surface area (Å²) in [6, 6.07) is 13.0. The lowest BCUT2D eigenvalue weighted by atomic mass is 9.93. The summed E-state index contributed by atoms with van der Waals surface area (Å²) in [5.41, 5.74) is 12.7. The second-order valence-electron chi connectivity index (χ2n) is 6.29. The van der Waals surface area contributed by atoms with Crippen LogP contribution in [0.4, 0.5) is 0 Å². The highest BCUT2D eigenvalue weighted by atomic mass is 79.9. The first-order chi connectivity index (χ1) is 9.88. The Morgan fingerprint density at radius 2 is 1.62 bits per heavy atom. The van der Waals surface area contributed by atoms with Crippen LogP contribution in [0.2, 0.25) is 0 Å². The van der Waals surface area contributed by atoms with E-state index in [0.717, 1.165) is 6.42 Å². The molecule has 0 saturated heterocycles. The van der Waals surface area contributed by atoms with Crippen LogP contribution in [0.5, 0.6) is 0 Å². The van der Waals surface area contributed by atoms with E-state index in [9.17, 15) is 0 Å². The fourth-order valence-electron chi connectivity index (χ4n) is 2.74. The van der Waals surface area contributed by atoms with E-state index in [-0.39, 0.29) is 6.04 Å². The molecule has 0 radical (unpaired) electrons. The summed E-state index contributed by atoms with van der Waals surface area (Å²) in [4.78, 5) is 0. The van der Waals surface area contributed by atoms with Gasteiger partial charge < -0.3 is 5.73 Å². The largest absolute Gasteiger partial charge is 0.320 e. The molecule has 21 heavy (non-hydrogen) atoms. The van der Waals surface area contributed by atoms with Gasteiger partial charge in [0.2, 0.25) is 0 Å². The number of hydrogen-bond acceptors (Lipinski definition) is 1. The average molecular weight is 346 g/mol. The van der Waals surface area contributed by atoms with Gasteiger partial charge in [-0.15, -0.1) is 0 Å². The van der Waals surface area contributed by atoms with E-state index >= 15 is 0 Å². The van der Waals surface area contributed by atoms with Gasteiger partial charge in [-0.3, -0.25) is 0 Å². The number of nitrogens with two attached hydrogens (primary N) is 1. The fraction of sp³-hybridized carbons (Fsp3) is 0.368. The van der Waals surface area contributed by atoms with Crippen molar-refractivity contribution in [3.8, 4) is 0 Å². The van der Waals surface area contributed by atoms with Crippen LogP contribution >= 0.6 is 15.9 Å². The van der Waals surface area contributed by atoms with Crippen molar-refractivity contribution in [1.82, 2.24) is 0 Å². The highest BCUT2D eigenvalue weighted by Crippen LogP contribution is 2.28. The van der Waals surface area contributed by atoms with Crippen LogP contribution in [0.15, 0.2) is 40.9 Å². The molecule has 1 atom stereocenters. The van der Waals surface area contributed by atoms with Crippen molar-refractivity contribution in [2.45, 2.75) is 40.2 Å². The third-order valence-corrected chi connectivity index (χ3v) is 5.02. The van der Waals surface area contributed by atoms with Crippen molar-refractivity contribution in [3.05, 3.63) is 68.7 Å². The van der Waals surface area contributed by atoms with Crippen LogP contribution in [-0.4, -0.2) is 0 Å². The smallest absolute Gasteiger partial charge is 0.0551 e. The first-order valence-electron chi connectivity index (χ1n) is 7.49. The maximum absolute atomic E-state index is 6.49. The molecule has 2 rings (SSSR count). The number of halogens is 1. The van der Waals surface area contributed by atoms with Crippen molar-refractivity contribution >= 4 is 15.9 Å². The van der Waals surface area contributed by atoms with E-state index in [0.29, 0.717) is 5.92 Å². The number of hydrogen-bond donors (Lipinski definition) is 1. The second kappa shape index (κ2) is 6.76. The Hall–Kier alpha value is -1.12. The van der Waals surface area contributed by atoms with Gasteiger partial charge in [-0.2, -0.15) is 0 Å². The van der Waals surface area contributed by atoms with Gasteiger partial charge in [0.1, 0.15) is 0 Å². The molecule has 2 aromatic carbocycles. The molecule has 0 bridgehead atoms. The van der Waals surface area contributed by atoms with E-state index in [2.05, 4.69) is 80.0 Å². The second-order valence-corrected chi connectivity index (χ2v) is 7.08. The van der Waals surface area contributed by atoms with E-state index in [1.165, 1.54) is 32.3 Å². The predicted octanol–water partition coefficient (Wildman–Crippen LogP) is 5.31. The molecule has 2 N–H and O–H groups in total. The van der Waals surface area contributed by atoms with Gasteiger partial charge in [-0.25, -0.2) is 0 Å². The van der Waals surface area contributed by atoms with Crippen LogP contribution in [0.1, 0.15) is 47.7 Å². The molecule has 1 unspecified atom stereocenters. The molecule has 0 aliphatic heterocycles. The summed E-state index contributed by atoms with van der Waals surface area (Å²) in [7, 11) is 0. The van der Waals surface area contributed by atoms with Gasteiger partial charge in [0.25, 0.3) is 0 Å². The summed E-state index contributed by atoms with van der Waals surface area (Å²) in [5, 5.41) is 0. The molecule has 0 spiro atoms. The van der Waals surface area contributed by atoms with Crippen LogP contribution in [0.3, 0.4) is 0 Å². The SMILES string of the molecule is Cc1cc(C(N)c2cccc(CC(C)C)c2)cc(C)c1Br. The van der Waals surface area contributed by atoms with Gasteiger partial charge in [-0.05, 0) is 54.0 Å². The number of rotatable bonds is 4. The summed E-state index contributed by atoms with van der Waals surface area (Å²) >= 11 is 3.62. The molecule has 0 heterocycles. The molecule has 2 aromatic rings. The first kappa shape index (κ1) is 16.3. The quantitative estimate of drug-likeness (QED) is 0.797. The third-order valence-electron chi connectivity index (χ3n) is 3.77. The van der Waals surface area contributed by atoms with Crippen molar-refractivity contribution in [2.24, 2.45) is 11.7 Å². The van der Waals surface area contributed by atoms with Crippen molar-refractivity contribution in [2.75, 3.05) is 0 Å². The zero-order valence-electron chi connectivity index (χ0n) is 13.3. The molecule has 0 aliphatic carbocycles. The summed E-state index contributed by atoms with van der Waals surface area (Å²) < 4.78 is 1.17. The summed E-state index contributed by atoms with van der Waals surface area (Å²) in [5.74, 6) is 0.661. The van der Waals surface area contributed by atoms with Gasteiger partial charge in [0.05, 0.1) is 6.04 Å². The van der Waals surface area contributed by atoms with E-state index in [4.69, 9.17) is 5.73 Å².